The fourth-order valence-corrected chi connectivity index (χ4v) is 9.96. The van der Waals surface area contributed by atoms with Gasteiger partial charge in [-0.05, 0) is 84.9 Å². The highest BCUT2D eigenvalue weighted by atomic mass is 16.1. The monoisotopic (exact) mass is 450 g/mol. The molecule has 8 atom stereocenters. The molecule has 0 radical (unpaired) electrons. The molecule has 8 unspecified atom stereocenters. The van der Waals surface area contributed by atoms with Crippen LogP contribution in [0.15, 0.2) is 11.6 Å². The van der Waals surface area contributed by atoms with Gasteiger partial charge in [0.05, 0.1) is 5.57 Å². The molecular weight excluding hydrogens is 408 g/mol. The quantitative estimate of drug-likeness (QED) is 0.520. The lowest BCUT2D eigenvalue weighted by Gasteiger charge is -2.67. The van der Waals surface area contributed by atoms with Crippen LogP contribution >= 0.6 is 0 Å². The molecule has 0 aromatic rings. The standard InChI is InChI=1S/C29H42N2O2/c1-25(2)11-12-29(31)10-7-18-23(19(29)15-25)20(32)13-22-27(18,5)9-8-21-26(3,4)24(33)17(16-30)14-28(21,22)6/h14,18-19,21-23H,7-13,15,31H2,1-6H3. The molecule has 0 aromatic heterocycles. The largest absolute Gasteiger partial charge is 0.325 e. The second-order valence-electron chi connectivity index (χ2n) is 14.3. The number of allylic oxidation sites excluding steroid dienone is 2. The second-order valence-corrected chi connectivity index (χ2v) is 14.3. The first kappa shape index (κ1) is 23.3. The first-order valence-corrected chi connectivity index (χ1v) is 13.2. The van der Waals surface area contributed by atoms with Crippen LogP contribution in [-0.2, 0) is 9.59 Å². The number of hydrogen-bond donors (Lipinski definition) is 1. The Hall–Kier alpha value is -1.47. The summed E-state index contributed by atoms with van der Waals surface area (Å²) in [5.41, 5.74) is 6.57. The number of carbonyl (C=O) groups excluding carboxylic acids is 2. The molecule has 0 bridgehead atoms. The third kappa shape index (κ3) is 2.97. The van der Waals surface area contributed by atoms with Gasteiger partial charge >= 0.3 is 0 Å². The molecule has 0 aromatic carbocycles. The van der Waals surface area contributed by atoms with Gasteiger partial charge in [0.2, 0.25) is 0 Å². The van der Waals surface area contributed by atoms with E-state index in [1.807, 2.05) is 19.9 Å². The van der Waals surface area contributed by atoms with Crippen LogP contribution < -0.4 is 5.73 Å². The SMILES string of the molecule is CC1(C)CCC2(N)CCC3C(C(=O)CC4C5(C)C=C(C#N)C(=O)C(C)(C)C5CCC34C)C2C1. The lowest BCUT2D eigenvalue weighted by atomic mass is 9.36. The minimum atomic E-state index is -0.567. The summed E-state index contributed by atoms with van der Waals surface area (Å²) in [4.78, 5) is 27.1. The third-order valence-corrected chi connectivity index (χ3v) is 11.7. The maximum atomic E-state index is 14.0. The Labute approximate surface area is 199 Å². The minimum Gasteiger partial charge on any atom is -0.325 e. The van der Waals surface area contributed by atoms with E-state index in [2.05, 4.69) is 33.8 Å². The van der Waals surface area contributed by atoms with Crippen molar-refractivity contribution in [3.63, 3.8) is 0 Å². The summed E-state index contributed by atoms with van der Waals surface area (Å²) in [5, 5.41) is 9.78. The van der Waals surface area contributed by atoms with Crippen LogP contribution in [-0.4, -0.2) is 17.1 Å². The molecule has 4 heteroatoms. The number of nitriles is 1. The van der Waals surface area contributed by atoms with Crippen LogP contribution in [0.3, 0.4) is 0 Å². The zero-order valence-corrected chi connectivity index (χ0v) is 21.5. The maximum Gasteiger partial charge on any atom is 0.178 e. The summed E-state index contributed by atoms with van der Waals surface area (Å²) < 4.78 is 0. The molecule has 4 nitrogen and oxygen atoms in total. The molecule has 33 heavy (non-hydrogen) atoms. The van der Waals surface area contributed by atoms with Gasteiger partial charge in [-0.3, -0.25) is 9.59 Å². The molecular formula is C29H42N2O2. The normalized spacial score (nSPS) is 50.1. The summed E-state index contributed by atoms with van der Waals surface area (Å²) in [5.74, 6) is 1.44. The molecule has 0 spiro atoms. The summed E-state index contributed by atoms with van der Waals surface area (Å²) >= 11 is 0. The van der Waals surface area contributed by atoms with Crippen molar-refractivity contribution in [3.8, 4) is 6.07 Å². The Morgan fingerprint density at radius 3 is 2.30 bits per heavy atom. The highest BCUT2D eigenvalue weighted by Crippen LogP contribution is 2.70. The van der Waals surface area contributed by atoms with Gasteiger partial charge in [0, 0.05) is 23.3 Å². The fraction of sp³-hybridized carbons (Fsp3) is 0.828. The molecule has 0 aliphatic heterocycles. The minimum absolute atomic E-state index is 0.0221. The van der Waals surface area contributed by atoms with Crippen LogP contribution in [0.2, 0.25) is 0 Å². The van der Waals surface area contributed by atoms with Crippen LogP contribution in [0.5, 0.6) is 0 Å². The maximum absolute atomic E-state index is 14.0. The van der Waals surface area contributed by atoms with Crippen LogP contribution in [0.25, 0.3) is 0 Å². The van der Waals surface area contributed by atoms with Gasteiger partial charge in [0.25, 0.3) is 0 Å². The molecule has 4 fully saturated rings. The Kier molecular flexibility index (Phi) is 4.80. The van der Waals surface area contributed by atoms with Crippen molar-refractivity contribution in [2.75, 3.05) is 0 Å². The van der Waals surface area contributed by atoms with Gasteiger partial charge in [-0.15, -0.1) is 0 Å². The zero-order chi connectivity index (χ0) is 24.2. The van der Waals surface area contributed by atoms with Crippen molar-refractivity contribution in [1.29, 1.82) is 5.26 Å². The number of hydrogen-bond acceptors (Lipinski definition) is 4. The number of nitrogens with zero attached hydrogens (tertiary/aromatic N) is 1. The molecule has 0 heterocycles. The summed E-state index contributed by atoms with van der Waals surface area (Å²) in [6.45, 7) is 13.4. The third-order valence-electron chi connectivity index (χ3n) is 11.7. The predicted molar refractivity (Wildman–Crippen MR) is 129 cm³/mol. The average molecular weight is 451 g/mol. The first-order valence-electron chi connectivity index (χ1n) is 13.2. The second kappa shape index (κ2) is 6.81. The Morgan fingerprint density at radius 1 is 0.939 bits per heavy atom. The van der Waals surface area contributed by atoms with Crippen LogP contribution in [0.4, 0.5) is 0 Å². The van der Waals surface area contributed by atoms with Gasteiger partial charge < -0.3 is 5.73 Å². The summed E-state index contributed by atoms with van der Waals surface area (Å²) in [7, 11) is 0. The number of carbonyl (C=O) groups is 2. The smallest absolute Gasteiger partial charge is 0.178 e. The molecule has 180 valence electrons. The first-order chi connectivity index (χ1) is 15.2. The van der Waals surface area contributed by atoms with Gasteiger partial charge in [0.15, 0.2) is 5.78 Å². The Bertz CT molecular complexity index is 986. The number of ketones is 2. The van der Waals surface area contributed by atoms with E-state index < -0.39 is 5.41 Å². The van der Waals surface area contributed by atoms with Crippen molar-refractivity contribution in [1.82, 2.24) is 0 Å². The van der Waals surface area contributed by atoms with E-state index in [4.69, 9.17) is 5.73 Å². The number of nitrogens with two attached hydrogens (primary N) is 1. The summed E-state index contributed by atoms with van der Waals surface area (Å²) in [6.07, 6.45) is 9.89. The Balaban J connectivity index is 1.58. The van der Waals surface area contributed by atoms with E-state index in [1.165, 1.54) is 0 Å². The van der Waals surface area contributed by atoms with Crippen molar-refractivity contribution >= 4 is 11.6 Å². The van der Waals surface area contributed by atoms with E-state index in [1.54, 1.807) is 0 Å². The molecule has 5 aliphatic carbocycles. The molecule has 5 aliphatic rings. The van der Waals surface area contributed by atoms with Crippen molar-refractivity contribution in [2.45, 2.75) is 98.4 Å². The number of Topliss-reactive ketones (excluding diaryl/α,β-unsaturated/α-hetero) is 2. The number of fused-ring (bicyclic) bond motifs is 7. The van der Waals surface area contributed by atoms with E-state index in [0.717, 1.165) is 44.9 Å². The molecule has 2 N–H and O–H groups in total. The van der Waals surface area contributed by atoms with Crippen LogP contribution in [0, 0.1) is 62.6 Å². The molecule has 5 rings (SSSR count). The zero-order valence-electron chi connectivity index (χ0n) is 21.5. The van der Waals surface area contributed by atoms with Crippen LogP contribution in [0.1, 0.15) is 92.9 Å². The highest BCUT2D eigenvalue weighted by molar-refractivity contribution is 6.04. The number of rotatable bonds is 0. The molecule has 0 saturated heterocycles. The lowest BCUT2D eigenvalue weighted by Crippen LogP contribution is -2.67. The lowest BCUT2D eigenvalue weighted by molar-refractivity contribution is -0.182. The van der Waals surface area contributed by atoms with Gasteiger partial charge in [-0.1, -0.05) is 47.6 Å². The molecule has 0 amide bonds. The average Bonchev–Trinajstić information content (AvgIpc) is 2.72. The van der Waals surface area contributed by atoms with Gasteiger partial charge in [0.1, 0.15) is 11.9 Å². The van der Waals surface area contributed by atoms with E-state index in [0.29, 0.717) is 23.7 Å². The summed E-state index contributed by atoms with van der Waals surface area (Å²) in [6, 6.07) is 2.20. The van der Waals surface area contributed by atoms with Gasteiger partial charge in [-0.2, -0.15) is 5.26 Å². The highest BCUT2D eigenvalue weighted by Gasteiger charge is 2.67. The van der Waals surface area contributed by atoms with Crippen molar-refractivity contribution in [3.05, 3.63) is 11.6 Å². The van der Waals surface area contributed by atoms with E-state index in [9.17, 15) is 14.9 Å². The van der Waals surface area contributed by atoms with Crippen molar-refractivity contribution < 1.29 is 9.59 Å². The van der Waals surface area contributed by atoms with E-state index >= 15 is 0 Å². The fourth-order valence-electron chi connectivity index (χ4n) is 9.96. The predicted octanol–water partition coefficient (Wildman–Crippen LogP) is 5.61. The Morgan fingerprint density at radius 2 is 1.64 bits per heavy atom. The molecule has 4 saturated carbocycles. The van der Waals surface area contributed by atoms with Crippen molar-refractivity contribution in [2.24, 2.45) is 57.0 Å². The topological polar surface area (TPSA) is 83.9 Å². The van der Waals surface area contributed by atoms with Gasteiger partial charge in [-0.25, -0.2) is 0 Å². The van der Waals surface area contributed by atoms with E-state index in [-0.39, 0.29) is 51.2 Å².